The van der Waals surface area contributed by atoms with Crippen LogP contribution in [0, 0.1) is 5.82 Å². The minimum atomic E-state index is -0.193. The van der Waals surface area contributed by atoms with Crippen LogP contribution in [0.5, 0.6) is 0 Å². The summed E-state index contributed by atoms with van der Waals surface area (Å²) in [6.45, 7) is 4.25. The van der Waals surface area contributed by atoms with E-state index in [4.69, 9.17) is 0 Å². The molecule has 0 amide bonds. The highest BCUT2D eigenvalue weighted by molar-refractivity contribution is 8.13. The molecule has 0 bridgehead atoms. The van der Waals surface area contributed by atoms with Crippen LogP contribution in [0.25, 0.3) is 0 Å². The van der Waals surface area contributed by atoms with Crippen molar-refractivity contribution in [2.24, 2.45) is 4.99 Å². The largest absolute Gasteiger partial charge is 0.358 e. The summed E-state index contributed by atoms with van der Waals surface area (Å²) in [7, 11) is 0. The topological polar surface area (TPSA) is 24.4 Å². The maximum atomic E-state index is 12.9. The number of thioether (sulfide) groups is 1. The molecule has 98 valence electrons. The van der Waals surface area contributed by atoms with E-state index in [9.17, 15) is 4.39 Å². The third-order valence-corrected chi connectivity index (χ3v) is 4.11. The molecule has 0 saturated carbocycles. The molecule has 2 nitrogen and oxygen atoms in total. The molecule has 18 heavy (non-hydrogen) atoms. The van der Waals surface area contributed by atoms with Gasteiger partial charge in [-0.1, -0.05) is 30.8 Å². The number of aliphatic imine (C=N–C) groups is 1. The van der Waals surface area contributed by atoms with Gasteiger partial charge in [0.15, 0.2) is 5.17 Å². The van der Waals surface area contributed by atoms with Crippen LogP contribution < -0.4 is 5.32 Å². The van der Waals surface area contributed by atoms with Gasteiger partial charge in [0.1, 0.15) is 5.82 Å². The lowest BCUT2D eigenvalue weighted by molar-refractivity contribution is 0.618. The smallest absolute Gasteiger partial charge is 0.157 e. The van der Waals surface area contributed by atoms with Crippen molar-refractivity contribution in [2.75, 3.05) is 5.75 Å². The predicted octanol–water partition coefficient (Wildman–Crippen LogP) is 3.75. The van der Waals surface area contributed by atoms with Crippen LogP contribution in [0.15, 0.2) is 29.3 Å². The normalized spacial score (nSPS) is 21.3. The summed E-state index contributed by atoms with van der Waals surface area (Å²) in [5.74, 6) is 0.932. The van der Waals surface area contributed by atoms with Crippen molar-refractivity contribution in [3.8, 4) is 0 Å². The Kier molecular flexibility index (Phi) is 4.64. The van der Waals surface area contributed by atoms with E-state index < -0.39 is 0 Å². The highest BCUT2D eigenvalue weighted by Gasteiger charge is 2.16. The van der Waals surface area contributed by atoms with E-state index in [0.29, 0.717) is 6.04 Å². The molecular weight excluding hydrogens is 247 g/mol. The van der Waals surface area contributed by atoms with Gasteiger partial charge in [-0.25, -0.2) is 4.39 Å². The van der Waals surface area contributed by atoms with E-state index in [1.54, 1.807) is 11.8 Å². The van der Waals surface area contributed by atoms with Gasteiger partial charge in [0.25, 0.3) is 0 Å². The molecule has 1 aliphatic heterocycles. The Balaban J connectivity index is 2.00. The molecule has 0 spiro atoms. The number of hydrogen-bond donors (Lipinski definition) is 1. The molecule has 1 aliphatic rings. The molecule has 0 saturated heterocycles. The second-order valence-corrected chi connectivity index (χ2v) is 5.63. The maximum Gasteiger partial charge on any atom is 0.157 e. The first-order valence-corrected chi connectivity index (χ1v) is 7.40. The van der Waals surface area contributed by atoms with Crippen molar-refractivity contribution in [2.45, 2.75) is 38.8 Å². The van der Waals surface area contributed by atoms with Gasteiger partial charge in [-0.05, 0) is 37.5 Å². The molecule has 1 N–H and O–H groups in total. The number of halogens is 1. The third kappa shape index (κ3) is 3.48. The van der Waals surface area contributed by atoms with Crippen LogP contribution >= 0.6 is 11.8 Å². The van der Waals surface area contributed by atoms with E-state index >= 15 is 0 Å². The molecular formula is C14H19FN2S. The van der Waals surface area contributed by atoms with Gasteiger partial charge in [0.2, 0.25) is 0 Å². The van der Waals surface area contributed by atoms with E-state index in [0.717, 1.165) is 29.3 Å². The fourth-order valence-electron chi connectivity index (χ4n) is 1.95. The van der Waals surface area contributed by atoms with Crippen molar-refractivity contribution < 1.29 is 4.39 Å². The van der Waals surface area contributed by atoms with Gasteiger partial charge in [-0.15, -0.1) is 0 Å². The molecule has 2 unspecified atom stereocenters. The van der Waals surface area contributed by atoms with Crippen LogP contribution in [0.2, 0.25) is 0 Å². The zero-order valence-electron chi connectivity index (χ0n) is 10.8. The molecule has 0 aromatic heterocycles. The summed E-state index contributed by atoms with van der Waals surface area (Å²) < 4.78 is 12.9. The predicted molar refractivity (Wildman–Crippen MR) is 76.5 cm³/mol. The first-order chi connectivity index (χ1) is 8.69. The van der Waals surface area contributed by atoms with Crippen molar-refractivity contribution in [1.29, 1.82) is 0 Å². The Morgan fingerprint density at radius 3 is 2.83 bits per heavy atom. The molecule has 0 radical (unpaired) electrons. The van der Waals surface area contributed by atoms with Gasteiger partial charge in [-0.2, -0.15) is 0 Å². The Hall–Kier alpha value is -1.03. The first kappa shape index (κ1) is 13.4. The maximum absolute atomic E-state index is 12.9. The molecule has 4 heteroatoms. The molecule has 1 aromatic rings. The van der Waals surface area contributed by atoms with Gasteiger partial charge in [-0.3, -0.25) is 4.99 Å². The summed E-state index contributed by atoms with van der Waals surface area (Å²) >= 11 is 1.77. The summed E-state index contributed by atoms with van der Waals surface area (Å²) in [5.41, 5.74) is 1.08. The fraction of sp³-hybridized carbons (Fsp3) is 0.500. The SMILES string of the molecule is CCC1CCSC(NC(C)c2ccc(F)cc2)=N1. The molecule has 2 rings (SSSR count). The first-order valence-electron chi connectivity index (χ1n) is 6.41. The number of amidine groups is 1. The zero-order valence-corrected chi connectivity index (χ0v) is 11.6. The van der Waals surface area contributed by atoms with Crippen molar-refractivity contribution in [1.82, 2.24) is 5.32 Å². The number of nitrogens with zero attached hydrogens (tertiary/aromatic N) is 1. The standard InChI is InChI=1S/C14H19FN2S/c1-3-13-8-9-18-14(17-13)16-10(2)11-4-6-12(15)7-5-11/h4-7,10,13H,3,8-9H2,1-2H3,(H,16,17). The van der Waals surface area contributed by atoms with E-state index in [1.165, 1.54) is 12.1 Å². The lowest BCUT2D eigenvalue weighted by Crippen LogP contribution is -2.29. The summed E-state index contributed by atoms with van der Waals surface area (Å²) in [6.07, 6.45) is 2.26. The van der Waals surface area contributed by atoms with Gasteiger partial charge in [0.05, 0.1) is 12.1 Å². The summed E-state index contributed by atoms with van der Waals surface area (Å²) in [4.78, 5) is 4.68. The minimum Gasteiger partial charge on any atom is -0.358 e. The Bertz CT molecular complexity index is 416. The van der Waals surface area contributed by atoms with Crippen LogP contribution in [-0.2, 0) is 0 Å². The van der Waals surface area contributed by atoms with Crippen LogP contribution in [0.3, 0.4) is 0 Å². The average molecular weight is 266 g/mol. The molecule has 2 atom stereocenters. The molecule has 1 aromatic carbocycles. The van der Waals surface area contributed by atoms with Gasteiger partial charge in [0, 0.05) is 5.75 Å². The Labute approximate surface area is 112 Å². The second-order valence-electron chi connectivity index (χ2n) is 4.55. The van der Waals surface area contributed by atoms with Crippen LogP contribution in [0.1, 0.15) is 38.3 Å². The molecule has 0 fully saturated rings. The number of nitrogens with one attached hydrogen (secondary N) is 1. The Morgan fingerprint density at radius 2 is 2.17 bits per heavy atom. The highest BCUT2D eigenvalue weighted by atomic mass is 32.2. The lowest BCUT2D eigenvalue weighted by atomic mass is 10.1. The molecule has 0 aliphatic carbocycles. The van der Waals surface area contributed by atoms with Gasteiger partial charge < -0.3 is 5.32 Å². The van der Waals surface area contributed by atoms with Crippen molar-refractivity contribution in [3.05, 3.63) is 35.6 Å². The average Bonchev–Trinajstić information content (AvgIpc) is 2.39. The summed E-state index contributed by atoms with van der Waals surface area (Å²) in [6, 6.07) is 7.24. The third-order valence-electron chi connectivity index (χ3n) is 3.17. The number of rotatable bonds is 3. The molecule has 1 heterocycles. The monoisotopic (exact) mass is 266 g/mol. The summed E-state index contributed by atoms with van der Waals surface area (Å²) in [5, 5.41) is 4.43. The van der Waals surface area contributed by atoms with Crippen LogP contribution in [0.4, 0.5) is 4.39 Å². The zero-order chi connectivity index (χ0) is 13.0. The Morgan fingerprint density at radius 1 is 1.44 bits per heavy atom. The number of hydrogen-bond acceptors (Lipinski definition) is 3. The highest BCUT2D eigenvalue weighted by Crippen LogP contribution is 2.21. The van der Waals surface area contributed by atoms with E-state index in [-0.39, 0.29) is 11.9 Å². The van der Waals surface area contributed by atoms with Crippen molar-refractivity contribution in [3.63, 3.8) is 0 Å². The minimum absolute atomic E-state index is 0.160. The fourth-order valence-corrected chi connectivity index (χ4v) is 3.02. The van der Waals surface area contributed by atoms with Gasteiger partial charge >= 0.3 is 0 Å². The number of benzene rings is 1. The van der Waals surface area contributed by atoms with Crippen LogP contribution in [-0.4, -0.2) is 17.0 Å². The van der Waals surface area contributed by atoms with E-state index in [1.807, 2.05) is 12.1 Å². The lowest BCUT2D eigenvalue weighted by Gasteiger charge is -2.23. The van der Waals surface area contributed by atoms with Crippen molar-refractivity contribution >= 4 is 16.9 Å². The van der Waals surface area contributed by atoms with E-state index in [2.05, 4.69) is 24.2 Å². The second kappa shape index (κ2) is 6.23. The quantitative estimate of drug-likeness (QED) is 0.901.